The van der Waals surface area contributed by atoms with Crippen molar-refractivity contribution >= 4 is 17.0 Å². The highest BCUT2D eigenvalue weighted by Crippen LogP contribution is 2.27. The number of hydrogen-bond acceptors (Lipinski definition) is 3. The summed E-state index contributed by atoms with van der Waals surface area (Å²) >= 11 is 1.77. The third-order valence-electron chi connectivity index (χ3n) is 3.04. The number of aliphatic hydroxyl groups excluding tert-OH is 1. The van der Waals surface area contributed by atoms with Gasteiger partial charge in [-0.25, -0.2) is 0 Å². The monoisotopic (exact) mass is 261 g/mol. The van der Waals surface area contributed by atoms with Crippen molar-refractivity contribution in [3.63, 3.8) is 0 Å². The molecule has 1 atom stereocenters. The lowest BCUT2D eigenvalue weighted by molar-refractivity contribution is 0.199. The Labute approximate surface area is 113 Å². The fraction of sp³-hybridized carbons (Fsp3) is 0.333. The molecule has 2 rings (SSSR count). The third kappa shape index (κ3) is 2.92. The summed E-state index contributed by atoms with van der Waals surface area (Å²) in [6.07, 6.45) is -0.432. The van der Waals surface area contributed by atoms with E-state index < -0.39 is 6.10 Å². The lowest BCUT2D eigenvalue weighted by Gasteiger charge is -2.26. The largest absolute Gasteiger partial charge is 0.389 e. The van der Waals surface area contributed by atoms with Crippen molar-refractivity contribution in [1.29, 1.82) is 0 Å². The topological polar surface area (TPSA) is 23.5 Å². The van der Waals surface area contributed by atoms with Crippen LogP contribution in [0.15, 0.2) is 41.8 Å². The molecule has 0 amide bonds. The van der Waals surface area contributed by atoms with Crippen molar-refractivity contribution in [2.45, 2.75) is 26.5 Å². The van der Waals surface area contributed by atoms with Crippen molar-refractivity contribution in [3.05, 3.63) is 52.2 Å². The van der Waals surface area contributed by atoms with E-state index >= 15 is 0 Å². The second-order valence-corrected chi connectivity index (χ2v) is 5.36. The van der Waals surface area contributed by atoms with Gasteiger partial charge in [0.1, 0.15) is 0 Å². The lowest BCUT2D eigenvalue weighted by atomic mass is 10.1. The number of thiophene rings is 1. The van der Waals surface area contributed by atoms with E-state index in [2.05, 4.69) is 35.4 Å². The highest BCUT2D eigenvalue weighted by atomic mass is 32.1. The predicted molar refractivity (Wildman–Crippen MR) is 78.1 cm³/mol. The average Bonchev–Trinajstić information content (AvgIpc) is 2.88. The molecule has 0 spiro atoms. The fourth-order valence-corrected chi connectivity index (χ4v) is 2.81. The minimum atomic E-state index is -0.432. The van der Waals surface area contributed by atoms with E-state index in [0.717, 1.165) is 24.3 Å². The molecule has 0 aliphatic carbocycles. The molecule has 2 aromatic rings. The standard InChI is InChI=1S/C15H19NOS/c1-3-16(11-13-7-6-10-18-13)15-9-5-4-8-14(15)12(2)17/h4-10,12,17H,3,11H2,1-2H3/t12-/m0/s1. The summed E-state index contributed by atoms with van der Waals surface area (Å²) in [6.45, 7) is 5.80. The summed E-state index contributed by atoms with van der Waals surface area (Å²) in [5.74, 6) is 0. The van der Waals surface area contributed by atoms with Crippen LogP contribution in [0.4, 0.5) is 5.69 Å². The van der Waals surface area contributed by atoms with E-state index in [1.807, 2.05) is 25.1 Å². The molecule has 3 heteroatoms. The molecule has 0 bridgehead atoms. The number of rotatable bonds is 5. The maximum atomic E-state index is 9.85. The van der Waals surface area contributed by atoms with Crippen molar-refractivity contribution in [3.8, 4) is 0 Å². The van der Waals surface area contributed by atoms with Gasteiger partial charge in [-0.3, -0.25) is 0 Å². The molecule has 0 saturated heterocycles. The van der Waals surface area contributed by atoms with Crippen LogP contribution in [0.25, 0.3) is 0 Å². The Bertz CT molecular complexity index is 479. The predicted octanol–water partition coefficient (Wildman–Crippen LogP) is 3.83. The molecule has 1 aromatic carbocycles. The molecule has 0 aliphatic rings. The summed E-state index contributed by atoms with van der Waals surface area (Å²) in [5.41, 5.74) is 2.12. The molecular weight excluding hydrogens is 242 g/mol. The number of nitrogens with zero attached hydrogens (tertiary/aromatic N) is 1. The van der Waals surface area contributed by atoms with Gasteiger partial charge in [0.05, 0.1) is 12.6 Å². The van der Waals surface area contributed by atoms with Gasteiger partial charge >= 0.3 is 0 Å². The quantitative estimate of drug-likeness (QED) is 0.884. The van der Waals surface area contributed by atoms with E-state index in [1.54, 1.807) is 11.3 Å². The summed E-state index contributed by atoms with van der Waals surface area (Å²) in [5, 5.41) is 12.0. The van der Waals surface area contributed by atoms with Crippen molar-refractivity contribution in [1.82, 2.24) is 0 Å². The Morgan fingerprint density at radius 1 is 1.22 bits per heavy atom. The van der Waals surface area contributed by atoms with Gasteiger partial charge in [-0.05, 0) is 31.4 Å². The van der Waals surface area contributed by atoms with Crippen molar-refractivity contribution in [2.24, 2.45) is 0 Å². The second-order valence-electron chi connectivity index (χ2n) is 4.33. The first-order chi connectivity index (χ1) is 8.72. The molecule has 18 heavy (non-hydrogen) atoms. The van der Waals surface area contributed by atoms with Gasteiger partial charge in [-0.2, -0.15) is 0 Å². The first-order valence-electron chi connectivity index (χ1n) is 6.26. The highest BCUT2D eigenvalue weighted by Gasteiger charge is 2.13. The number of benzene rings is 1. The molecule has 2 nitrogen and oxygen atoms in total. The summed E-state index contributed by atoms with van der Waals surface area (Å²) in [7, 11) is 0. The zero-order valence-corrected chi connectivity index (χ0v) is 11.7. The van der Waals surface area contributed by atoms with Crippen LogP contribution in [0.5, 0.6) is 0 Å². The highest BCUT2D eigenvalue weighted by molar-refractivity contribution is 7.09. The van der Waals surface area contributed by atoms with Gasteiger partial charge in [0.15, 0.2) is 0 Å². The zero-order chi connectivity index (χ0) is 13.0. The molecule has 0 radical (unpaired) electrons. The molecular formula is C15H19NOS. The lowest BCUT2D eigenvalue weighted by Crippen LogP contribution is -2.23. The van der Waals surface area contributed by atoms with E-state index in [9.17, 15) is 5.11 Å². The molecule has 0 aliphatic heterocycles. The molecule has 96 valence electrons. The summed E-state index contributed by atoms with van der Waals surface area (Å²) in [4.78, 5) is 3.64. The first-order valence-corrected chi connectivity index (χ1v) is 7.14. The number of hydrogen-bond donors (Lipinski definition) is 1. The Balaban J connectivity index is 2.27. The fourth-order valence-electron chi connectivity index (χ4n) is 2.09. The Morgan fingerprint density at radius 3 is 2.61 bits per heavy atom. The van der Waals surface area contributed by atoms with Crippen LogP contribution in [0.3, 0.4) is 0 Å². The summed E-state index contributed by atoms with van der Waals surface area (Å²) in [6, 6.07) is 12.3. The minimum absolute atomic E-state index is 0.432. The smallest absolute Gasteiger partial charge is 0.0781 e. The molecule has 0 fully saturated rings. The maximum absolute atomic E-state index is 9.85. The number of anilines is 1. The normalized spacial score (nSPS) is 12.4. The van der Waals surface area contributed by atoms with Gasteiger partial charge in [0.25, 0.3) is 0 Å². The van der Waals surface area contributed by atoms with E-state index in [1.165, 1.54) is 4.88 Å². The Hall–Kier alpha value is -1.32. The molecule has 1 N–H and O–H groups in total. The number of para-hydroxylation sites is 1. The molecule has 0 saturated carbocycles. The van der Waals surface area contributed by atoms with Crippen LogP contribution in [0.2, 0.25) is 0 Å². The first kappa shape index (κ1) is 13.1. The van der Waals surface area contributed by atoms with E-state index in [4.69, 9.17) is 0 Å². The van der Waals surface area contributed by atoms with Crippen molar-refractivity contribution < 1.29 is 5.11 Å². The van der Waals surface area contributed by atoms with Crippen LogP contribution in [0, 0.1) is 0 Å². The van der Waals surface area contributed by atoms with Gasteiger partial charge in [0, 0.05) is 22.7 Å². The maximum Gasteiger partial charge on any atom is 0.0781 e. The average molecular weight is 261 g/mol. The van der Waals surface area contributed by atoms with Crippen LogP contribution < -0.4 is 4.90 Å². The molecule has 1 aromatic heterocycles. The second kappa shape index (κ2) is 6.03. The SMILES string of the molecule is CCN(Cc1cccs1)c1ccccc1[C@H](C)O. The van der Waals surface area contributed by atoms with Crippen LogP contribution in [-0.2, 0) is 6.54 Å². The Kier molecular flexibility index (Phi) is 4.39. The van der Waals surface area contributed by atoms with Crippen molar-refractivity contribution in [2.75, 3.05) is 11.4 Å². The Morgan fingerprint density at radius 2 is 2.00 bits per heavy atom. The number of aliphatic hydroxyl groups is 1. The van der Waals surface area contributed by atoms with Crippen LogP contribution in [-0.4, -0.2) is 11.7 Å². The van der Waals surface area contributed by atoms with Gasteiger partial charge in [-0.15, -0.1) is 11.3 Å². The summed E-state index contributed by atoms with van der Waals surface area (Å²) < 4.78 is 0. The van der Waals surface area contributed by atoms with Gasteiger partial charge in [-0.1, -0.05) is 24.3 Å². The van der Waals surface area contributed by atoms with Gasteiger partial charge in [0.2, 0.25) is 0 Å². The van der Waals surface area contributed by atoms with E-state index in [0.29, 0.717) is 0 Å². The minimum Gasteiger partial charge on any atom is -0.389 e. The third-order valence-corrected chi connectivity index (χ3v) is 3.90. The zero-order valence-electron chi connectivity index (χ0n) is 10.8. The van der Waals surface area contributed by atoms with E-state index in [-0.39, 0.29) is 0 Å². The van der Waals surface area contributed by atoms with Crippen LogP contribution in [0.1, 0.15) is 30.4 Å². The van der Waals surface area contributed by atoms with Crippen LogP contribution >= 0.6 is 11.3 Å². The molecule has 1 heterocycles. The molecule has 0 unspecified atom stereocenters. The van der Waals surface area contributed by atoms with Gasteiger partial charge < -0.3 is 10.0 Å².